The van der Waals surface area contributed by atoms with Crippen LogP contribution in [0.15, 0.2) is 36.8 Å². The number of rotatable bonds is 4. The van der Waals surface area contributed by atoms with Crippen LogP contribution in [0.3, 0.4) is 0 Å². The minimum Gasteiger partial charge on any atom is -0.444 e. The van der Waals surface area contributed by atoms with Gasteiger partial charge in [0.15, 0.2) is 22.8 Å². The number of carbonyl (C=O) groups is 1. The molecule has 2 fully saturated rings. The summed E-state index contributed by atoms with van der Waals surface area (Å²) in [6.07, 6.45) is 7.00. The first-order valence-electron chi connectivity index (χ1n) is 13.8. The molecule has 2 aliphatic heterocycles. The van der Waals surface area contributed by atoms with E-state index >= 15 is 0 Å². The molecule has 210 valence electrons. The van der Waals surface area contributed by atoms with E-state index in [-0.39, 0.29) is 12.1 Å². The molecule has 0 saturated carbocycles. The Bertz CT molecular complexity index is 1500. The van der Waals surface area contributed by atoms with Crippen molar-refractivity contribution in [2.24, 2.45) is 7.05 Å². The maximum atomic E-state index is 12.7. The van der Waals surface area contributed by atoms with E-state index < -0.39 is 5.60 Å². The summed E-state index contributed by atoms with van der Waals surface area (Å²) in [5.41, 5.74) is 2.60. The highest BCUT2D eigenvalue weighted by Gasteiger charge is 2.29. The fraction of sp³-hybridized carbons (Fsp3) is 0.500. The standard InChI is InChI=1S/C28H35N9O3/c1-28(2,3)40-27(38)36-12-5-6-20(18-36)37-13-9-21(33-37)23-31-25-22(26(32-23)35-14-16-39-17-15-35)30-24(34(25)4)19-7-10-29-11-8-19/h7-11,13,20H,5-6,12,14-18H2,1-4H3. The van der Waals surface area contributed by atoms with Crippen LogP contribution in [-0.2, 0) is 16.5 Å². The molecule has 0 bridgehead atoms. The number of hydrogen-bond acceptors (Lipinski definition) is 9. The van der Waals surface area contributed by atoms with Crippen molar-refractivity contribution < 1.29 is 14.3 Å². The number of fused-ring (bicyclic) bond motifs is 1. The fourth-order valence-electron chi connectivity index (χ4n) is 5.24. The summed E-state index contributed by atoms with van der Waals surface area (Å²) in [6.45, 7) is 9.61. The highest BCUT2D eigenvalue weighted by atomic mass is 16.6. The molecule has 40 heavy (non-hydrogen) atoms. The van der Waals surface area contributed by atoms with Crippen LogP contribution in [0.1, 0.15) is 39.7 Å². The molecule has 0 aliphatic carbocycles. The van der Waals surface area contributed by atoms with Gasteiger partial charge in [-0.1, -0.05) is 0 Å². The number of amides is 1. The zero-order valence-electron chi connectivity index (χ0n) is 23.4. The number of carbonyl (C=O) groups excluding carboxylic acids is 1. The van der Waals surface area contributed by atoms with Gasteiger partial charge in [0.05, 0.1) is 19.3 Å². The Morgan fingerprint density at radius 2 is 1.82 bits per heavy atom. The lowest BCUT2D eigenvalue weighted by Gasteiger charge is -2.34. The maximum Gasteiger partial charge on any atom is 0.410 e. The van der Waals surface area contributed by atoms with Crippen molar-refractivity contribution in [1.29, 1.82) is 0 Å². The van der Waals surface area contributed by atoms with E-state index in [2.05, 4.69) is 9.88 Å². The van der Waals surface area contributed by atoms with E-state index in [1.54, 1.807) is 17.3 Å². The van der Waals surface area contributed by atoms with E-state index in [4.69, 9.17) is 29.5 Å². The number of aromatic nitrogens is 7. The van der Waals surface area contributed by atoms with Crippen LogP contribution < -0.4 is 4.90 Å². The average molecular weight is 546 g/mol. The van der Waals surface area contributed by atoms with Gasteiger partial charge >= 0.3 is 6.09 Å². The zero-order valence-corrected chi connectivity index (χ0v) is 23.4. The third-order valence-corrected chi connectivity index (χ3v) is 7.21. The van der Waals surface area contributed by atoms with E-state index in [9.17, 15) is 4.79 Å². The number of imidazole rings is 1. The van der Waals surface area contributed by atoms with Crippen LogP contribution in [0.5, 0.6) is 0 Å². The van der Waals surface area contributed by atoms with Gasteiger partial charge in [0, 0.05) is 57.4 Å². The molecule has 1 unspecified atom stereocenters. The van der Waals surface area contributed by atoms with E-state index in [0.717, 1.165) is 54.3 Å². The van der Waals surface area contributed by atoms with Gasteiger partial charge in [-0.2, -0.15) is 5.10 Å². The van der Waals surface area contributed by atoms with Crippen molar-refractivity contribution in [1.82, 2.24) is 39.2 Å². The van der Waals surface area contributed by atoms with Crippen LogP contribution >= 0.6 is 0 Å². The average Bonchev–Trinajstić information content (AvgIpc) is 3.58. The topological polar surface area (TPSA) is 116 Å². The van der Waals surface area contributed by atoms with Gasteiger partial charge in [-0.25, -0.2) is 19.7 Å². The van der Waals surface area contributed by atoms with E-state index in [1.165, 1.54) is 0 Å². The predicted octanol–water partition coefficient (Wildman–Crippen LogP) is 3.70. The quantitative estimate of drug-likeness (QED) is 0.378. The number of hydrogen-bond donors (Lipinski definition) is 0. The summed E-state index contributed by atoms with van der Waals surface area (Å²) in [5.74, 6) is 2.12. The number of nitrogens with zero attached hydrogens (tertiary/aromatic N) is 9. The molecule has 12 heteroatoms. The number of piperidine rings is 1. The Balaban J connectivity index is 1.34. The molecule has 4 aromatic heterocycles. The number of pyridine rings is 1. The molecule has 12 nitrogen and oxygen atoms in total. The van der Waals surface area contributed by atoms with Crippen molar-refractivity contribution in [2.45, 2.75) is 45.3 Å². The molecular formula is C28H35N9O3. The van der Waals surface area contributed by atoms with Crippen LogP contribution in [0.2, 0.25) is 0 Å². The van der Waals surface area contributed by atoms with Gasteiger partial charge in [0.25, 0.3) is 0 Å². The number of aryl methyl sites for hydroxylation is 1. The Kier molecular flexibility index (Phi) is 6.87. The second-order valence-corrected chi connectivity index (χ2v) is 11.3. The third-order valence-electron chi connectivity index (χ3n) is 7.21. The highest BCUT2D eigenvalue weighted by molar-refractivity contribution is 5.88. The molecule has 4 aromatic rings. The highest BCUT2D eigenvalue weighted by Crippen LogP contribution is 2.31. The Labute approximate surface area is 233 Å². The summed E-state index contributed by atoms with van der Waals surface area (Å²) in [6, 6.07) is 5.87. The first kappa shape index (κ1) is 26.2. The number of ether oxygens (including phenoxy) is 2. The van der Waals surface area contributed by atoms with E-state index in [1.807, 2.05) is 61.5 Å². The van der Waals surface area contributed by atoms with Gasteiger partial charge in [0.1, 0.15) is 17.1 Å². The lowest BCUT2D eigenvalue weighted by Crippen LogP contribution is -2.43. The molecule has 6 rings (SSSR count). The van der Waals surface area contributed by atoms with Crippen molar-refractivity contribution in [3.05, 3.63) is 36.8 Å². The molecule has 0 aromatic carbocycles. The van der Waals surface area contributed by atoms with Gasteiger partial charge < -0.3 is 23.8 Å². The van der Waals surface area contributed by atoms with Crippen LogP contribution in [0.25, 0.3) is 34.1 Å². The Morgan fingerprint density at radius 1 is 1.05 bits per heavy atom. The molecular weight excluding hydrogens is 510 g/mol. The molecule has 2 saturated heterocycles. The second-order valence-electron chi connectivity index (χ2n) is 11.3. The van der Waals surface area contributed by atoms with Gasteiger partial charge in [-0.3, -0.25) is 9.67 Å². The molecule has 6 heterocycles. The molecule has 0 spiro atoms. The van der Waals surface area contributed by atoms with Crippen LogP contribution in [0.4, 0.5) is 10.6 Å². The van der Waals surface area contributed by atoms with Crippen LogP contribution in [-0.4, -0.2) is 90.3 Å². The minimum absolute atomic E-state index is 0.0486. The van der Waals surface area contributed by atoms with Gasteiger partial charge in [-0.15, -0.1) is 0 Å². The summed E-state index contributed by atoms with van der Waals surface area (Å²) in [7, 11) is 1.97. The largest absolute Gasteiger partial charge is 0.444 e. The van der Waals surface area contributed by atoms with Gasteiger partial charge in [-0.05, 0) is 51.8 Å². The van der Waals surface area contributed by atoms with E-state index in [0.29, 0.717) is 37.8 Å². The van der Waals surface area contributed by atoms with Crippen molar-refractivity contribution in [2.75, 3.05) is 44.3 Å². The first-order valence-corrected chi connectivity index (χ1v) is 13.8. The summed E-state index contributed by atoms with van der Waals surface area (Å²) in [5, 5.41) is 4.89. The van der Waals surface area contributed by atoms with Crippen molar-refractivity contribution >= 4 is 23.1 Å². The summed E-state index contributed by atoms with van der Waals surface area (Å²) >= 11 is 0. The lowest BCUT2D eigenvalue weighted by molar-refractivity contribution is 0.0167. The Hall–Kier alpha value is -4.06. The molecule has 1 atom stereocenters. The molecule has 0 N–H and O–H groups in total. The third kappa shape index (κ3) is 5.23. The van der Waals surface area contributed by atoms with Crippen molar-refractivity contribution in [3.8, 4) is 22.9 Å². The Morgan fingerprint density at radius 3 is 2.58 bits per heavy atom. The van der Waals surface area contributed by atoms with Crippen LogP contribution in [0, 0.1) is 0 Å². The number of likely N-dealkylation sites (tertiary alicyclic amines) is 1. The number of morpholine rings is 1. The maximum absolute atomic E-state index is 12.7. The molecule has 2 aliphatic rings. The van der Waals surface area contributed by atoms with Gasteiger partial charge in [0.2, 0.25) is 0 Å². The number of anilines is 1. The fourth-order valence-corrected chi connectivity index (χ4v) is 5.24. The SMILES string of the molecule is Cn1c(-c2ccncc2)nc2c(N3CCOCC3)nc(-c3ccn(C4CCCN(C(=O)OC(C)(C)C)C4)n3)nc21. The van der Waals surface area contributed by atoms with Crippen molar-refractivity contribution in [3.63, 3.8) is 0 Å². The summed E-state index contributed by atoms with van der Waals surface area (Å²) < 4.78 is 15.1. The lowest BCUT2D eigenvalue weighted by atomic mass is 10.1. The predicted molar refractivity (Wildman–Crippen MR) is 150 cm³/mol. The molecule has 0 radical (unpaired) electrons. The molecule has 1 amide bonds. The minimum atomic E-state index is -0.528. The summed E-state index contributed by atoms with van der Waals surface area (Å²) in [4.78, 5) is 35.7. The zero-order chi connectivity index (χ0) is 27.9. The second kappa shape index (κ2) is 10.5. The monoisotopic (exact) mass is 545 g/mol. The normalized spacial score (nSPS) is 18.4. The first-order chi connectivity index (χ1) is 19.3. The smallest absolute Gasteiger partial charge is 0.410 e.